The average molecular weight is 302 g/mol. The maximum atomic E-state index is 12.1. The number of hydrogen-bond donors (Lipinski definition) is 3. The predicted molar refractivity (Wildman–Crippen MR) is 78.1 cm³/mol. The molecule has 7 heteroatoms. The van der Waals surface area contributed by atoms with E-state index in [0.717, 1.165) is 25.7 Å². The summed E-state index contributed by atoms with van der Waals surface area (Å²) in [7, 11) is -2.19. The summed E-state index contributed by atoms with van der Waals surface area (Å²) in [5, 5.41) is 8.65. The number of benzene rings is 1. The van der Waals surface area contributed by atoms with Gasteiger partial charge in [0, 0.05) is 24.9 Å². The van der Waals surface area contributed by atoms with E-state index in [0.29, 0.717) is 12.2 Å². The number of nitrogens with two attached hydrogens (primary N) is 1. The molecule has 114 valence electrons. The molecule has 0 saturated carbocycles. The highest BCUT2D eigenvalue weighted by Gasteiger charge is 2.18. The summed E-state index contributed by atoms with van der Waals surface area (Å²) in [4.78, 5) is 0.0876. The number of aliphatic hydroxyl groups is 1. The fourth-order valence-electron chi connectivity index (χ4n) is 1.78. The Labute approximate surface area is 120 Å². The van der Waals surface area contributed by atoms with Crippen molar-refractivity contribution in [2.24, 2.45) is 0 Å². The Hall–Kier alpha value is -1.31. The summed E-state index contributed by atoms with van der Waals surface area (Å²) >= 11 is 0. The molecule has 0 amide bonds. The molecule has 0 aliphatic carbocycles. The van der Waals surface area contributed by atoms with Gasteiger partial charge in [-0.2, -0.15) is 0 Å². The van der Waals surface area contributed by atoms with Crippen LogP contribution in [-0.4, -0.2) is 33.8 Å². The third-order valence-corrected chi connectivity index (χ3v) is 4.35. The van der Waals surface area contributed by atoms with E-state index in [1.807, 2.05) is 0 Å². The van der Waals surface area contributed by atoms with E-state index >= 15 is 0 Å². The van der Waals surface area contributed by atoms with Crippen LogP contribution in [0.3, 0.4) is 0 Å². The van der Waals surface area contributed by atoms with E-state index in [1.54, 1.807) is 0 Å². The van der Waals surface area contributed by atoms with Crippen molar-refractivity contribution in [3.05, 3.63) is 18.2 Å². The van der Waals surface area contributed by atoms with E-state index < -0.39 is 10.0 Å². The molecular weight excluding hydrogens is 280 g/mol. The van der Waals surface area contributed by atoms with Gasteiger partial charge in [-0.25, -0.2) is 13.1 Å². The standard InChI is InChI=1S/C13H22N2O4S/c1-19-12-10-11(14)6-7-13(12)20(17,18)15-8-4-2-3-5-9-16/h6-7,10,15-16H,2-5,8-9,14H2,1H3. The number of rotatable bonds is 9. The zero-order valence-corrected chi connectivity index (χ0v) is 12.4. The van der Waals surface area contributed by atoms with Gasteiger partial charge < -0.3 is 15.6 Å². The first kappa shape index (κ1) is 16.7. The second-order valence-electron chi connectivity index (χ2n) is 4.45. The largest absolute Gasteiger partial charge is 0.495 e. The van der Waals surface area contributed by atoms with Gasteiger partial charge in [-0.1, -0.05) is 12.8 Å². The highest BCUT2D eigenvalue weighted by atomic mass is 32.2. The summed E-state index contributed by atoms with van der Waals surface area (Å²) in [6, 6.07) is 4.44. The molecule has 4 N–H and O–H groups in total. The van der Waals surface area contributed by atoms with Crippen LogP contribution in [0.2, 0.25) is 0 Å². The summed E-state index contributed by atoms with van der Waals surface area (Å²) in [6.45, 7) is 0.537. The highest BCUT2D eigenvalue weighted by molar-refractivity contribution is 7.89. The molecular formula is C13H22N2O4S. The lowest BCUT2D eigenvalue weighted by atomic mass is 10.2. The Morgan fingerprint density at radius 1 is 1.25 bits per heavy atom. The third kappa shape index (κ3) is 4.99. The van der Waals surface area contributed by atoms with E-state index in [2.05, 4.69) is 4.72 Å². The molecule has 0 aliphatic heterocycles. The SMILES string of the molecule is COc1cc(N)ccc1S(=O)(=O)NCCCCCCO. The molecule has 0 radical (unpaired) electrons. The van der Waals surface area contributed by atoms with Crippen LogP contribution < -0.4 is 15.2 Å². The molecule has 0 aliphatic rings. The maximum Gasteiger partial charge on any atom is 0.244 e. The third-order valence-electron chi connectivity index (χ3n) is 2.85. The molecule has 6 nitrogen and oxygen atoms in total. The number of nitrogen functional groups attached to an aromatic ring is 1. The predicted octanol–water partition coefficient (Wildman–Crippen LogP) is 1.11. The number of aliphatic hydroxyl groups excluding tert-OH is 1. The van der Waals surface area contributed by atoms with Crippen LogP contribution in [0, 0.1) is 0 Å². The van der Waals surface area contributed by atoms with Crippen LogP contribution in [0.1, 0.15) is 25.7 Å². The van der Waals surface area contributed by atoms with Crippen LogP contribution in [0.5, 0.6) is 5.75 Å². The molecule has 0 spiro atoms. The van der Waals surface area contributed by atoms with Crippen molar-refractivity contribution in [2.75, 3.05) is 26.0 Å². The topological polar surface area (TPSA) is 102 Å². The van der Waals surface area contributed by atoms with Crippen molar-refractivity contribution in [3.8, 4) is 5.75 Å². The molecule has 20 heavy (non-hydrogen) atoms. The molecule has 0 saturated heterocycles. The van der Waals surface area contributed by atoms with Crippen LogP contribution in [0.15, 0.2) is 23.1 Å². The summed E-state index contributed by atoms with van der Waals surface area (Å²) in [6.07, 6.45) is 3.25. The van der Waals surface area contributed by atoms with Gasteiger partial charge >= 0.3 is 0 Å². The van der Waals surface area contributed by atoms with Gasteiger partial charge in [0.25, 0.3) is 0 Å². The second kappa shape index (κ2) is 8.08. The van der Waals surface area contributed by atoms with Gasteiger partial charge in [0.15, 0.2) is 0 Å². The lowest BCUT2D eigenvalue weighted by Gasteiger charge is -2.11. The fourth-order valence-corrected chi connectivity index (χ4v) is 3.00. The maximum absolute atomic E-state index is 12.1. The zero-order valence-electron chi connectivity index (χ0n) is 11.6. The van der Waals surface area contributed by atoms with Crippen molar-refractivity contribution in [1.29, 1.82) is 0 Å². The van der Waals surface area contributed by atoms with Crippen LogP contribution >= 0.6 is 0 Å². The normalized spacial score (nSPS) is 11.5. The first-order valence-electron chi connectivity index (χ1n) is 6.55. The van der Waals surface area contributed by atoms with Crippen LogP contribution in [0.25, 0.3) is 0 Å². The molecule has 0 aromatic heterocycles. The van der Waals surface area contributed by atoms with Crippen molar-refractivity contribution in [1.82, 2.24) is 4.72 Å². The minimum absolute atomic E-state index is 0.0876. The Morgan fingerprint density at radius 2 is 1.95 bits per heavy atom. The second-order valence-corrected chi connectivity index (χ2v) is 6.18. The highest BCUT2D eigenvalue weighted by Crippen LogP contribution is 2.25. The molecule has 1 aromatic rings. The Morgan fingerprint density at radius 3 is 2.60 bits per heavy atom. The number of unbranched alkanes of at least 4 members (excludes halogenated alkanes) is 3. The van der Waals surface area contributed by atoms with Crippen LogP contribution in [0.4, 0.5) is 5.69 Å². The van der Waals surface area contributed by atoms with E-state index in [9.17, 15) is 8.42 Å². The molecule has 1 rings (SSSR count). The van der Waals surface area contributed by atoms with Crippen LogP contribution in [-0.2, 0) is 10.0 Å². The van der Waals surface area contributed by atoms with Gasteiger partial charge in [-0.3, -0.25) is 0 Å². The Bertz CT molecular complexity index is 517. The quantitative estimate of drug-likeness (QED) is 0.468. The lowest BCUT2D eigenvalue weighted by Crippen LogP contribution is -2.25. The summed E-state index contributed by atoms with van der Waals surface area (Å²) in [5.41, 5.74) is 6.05. The molecule has 0 bridgehead atoms. The number of sulfonamides is 1. The van der Waals surface area contributed by atoms with Crippen molar-refractivity contribution < 1.29 is 18.3 Å². The van der Waals surface area contributed by atoms with E-state index in [4.69, 9.17) is 15.6 Å². The fraction of sp³-hybridized carbons (Fsp3) is 0.538. The average Bonchev–Trinajstić information content (AvgIpc) is 2.42. The van der Waals surface area contributed by atoms with Gasteiger partial charge in [0.1, 0.15) is 10.6 Å². The minimum Gasteiger partial charge on any atom is -0.495 e. The number of nitrogens with one attached hydrogen (secondary N) is 1. The first-order chi connectivity index (χ1) is 9.51. The smallest absolute Gasteiger partial charge is 0.244 e. The monoisotopic (exact) mass is 302 g/mol. The molecule has 0 heterocycles. The molecule has 1 aromatic carbocycles. The number of ether oxygens (including phenoxy) is 1. The van der Waals surface area contributed by atoms with Crippen molar-refractivity contribution in [3.63, 3.8) is 0 Å². The number of methoxy groups -OCH3 is 1. The number of anilines is 1. The number of hydrogen-bond acceptors (Lipinski definition) is 5. The Balaban J connectivity index is 2.60. The van der Waals surface area contributed by atoms with Gasteiger partial charge in [0.05, 0.1) is 7.11 Å². The molecule has 0 fully saturated rings. The van der Waals surface area contributed by atoms with Crippen molar-refractivity contribution in [2.45, 2.75) is 30.6 Å². The first-order valence-corrected chi connectivity index (χ1v) is 8.03. The molecule has 0 unspecified atom stereocenters. The van der Waals surface area contributed by atoms with Crippen molar-refractivity contribution >= 4 is 15.7 Å². The van der Waals surface area contributed by atoms with Gasteiger partial charge in [-0.05, 0) is 25.0 Å². The molecule has 0 atom stereocenters. The zero-order chi connectivity index (χ0) is 15.0. The van der Waals surface area contributed by atoms with Gasteiger partial charge in [-0.15, -0.1) is 0 Å². The Kier molecular flexibility index (Phi) is 6.77. The minimum atomic E-state index is -3.59. The summed E-state index contributed by atoms with van der Waals surface area (Å²) < 4.78 is 31.9. The summed E-state index contributed by atoms with van der Waals surface area (Å²) in [5.74, 6) is 0.234. The van der Waals surface area contributed by atoms with Gasteiger partial charge in [0.2, 0.25) is 10.0 Å². The van der Waals surface area contributed by atoms with E-state index in [1.165, 1.54) is 25.3 Å². The lowest BCUT2D eigenvalue weighted by molar-refractivity contribution is 0.282. The van der Waals surface area contributed by atoms with E-state index in [-0.39, 0.29) is 17.3 Å².